The zero-order valence-electron chi connectivity index (χ0n) is 8.95. The third kappa shape index (κ3) is 3.05. The van der Waals surface area contributed by atoms with Crippen LogP contribution in [0.25, 0.3) is 0 Å². The minimum Gasteiger partial charge on any atom is -0.554 e. The maximum atomic E-state index is 8.25. The van der Waals surface area contributed by atoms with Crippen molar-refractivity contribution in [2.24, 2.45) is 23.7 Å². The van der Waals surface area contributed by atoms with Gasteiger partial charge in [-0.1, -0.05) is 0 Å². The Balaban J connectivity index is 0.000000223. The topological polar surface area (TPSA) is 40.1 Å². The van der Waals surface area contributed by atoms with Crippen LogP contribution in [0.5, 0.6) is 0 Å². The van der Waals surface area contributed by atoms with Gasteiger partial charge in [0.25, 0.3) is 0 Å². The van der Waals surface area contributed by atoms with Crippen LogP contribution in [-0.4, -0.2) is 6.47 Å². The average molecular weight is 220 g/mol. The summed E-state index contributed by atoms with van der Waals surface area (Å²) in [5, 5.41) is 8.25. The molecule has 4 aliphatic carbocycles. The van der Waals surface area contributed by atoms with Crippen LogP contribution < -0.4 is 56.5 Å². The Labute approximate surface area is 128 Å². The molecule has 14 heavy (non-hydrogen) atoms. The maximum absolute atomic E-state index is 8.25. The normalized spacial score (nSPS) is 42.0. The van der Waals surface area contributed by atoms with Crippen molar-refractivity contribution < 1.29 is 61.3 Å². The molecule has 0 aromatic rings. The van der Waals surface area contributed by atoms with Gasteiger partial charge >= 0.3 is 51.4 Å². The third-order valence-corrected chi connectivity index (χ3v) is 4.00. The maximum Gasteiger partial charge on any atom is 1.00 e. The quantitative estimate of drug-likeness (QED) is 0.357. The molecule has 0 radical (unpaired) electrons. The van der Waals surface area contributed by atoms with Gasteiger partial charge in [-0.2, -0.15) is 0 Å². The summed E-state index contributed by atoms with van der Waals surface area (Å²) in [7, 11) is 0. The van der Waals surface area contributed by atoms with Crippen molar-refractivity contribution in [1.29, 1.82) is 0 Å². The van der Waals surface area contributed by atoms with E-state index in [2.05, 4.69) is 0 Å². The van der Waals surface area contributed by atoms with Crippen LogP contribution in [-0.2, 0) is 4.79 Å². The van der Waals surface area contributed by atoms with Gasteiger partial charge in [0.2, 0.25) is 0 Å². The summed E-state index contributed by atoms with van der Waals surface area (Å²) in [6.07, 6.45) is 9.62. The van der Waals surface area contributed by atoms with Gasteiger partial charge in [-0.05, 0) is 62.2 Å². The van der Waals surface area contributed by atoms with Crippen molar-refractivity contribution in [1.82, 2.24) is 0 Å². The van der Waals surface area contributed by atoms with E-state index in [9.17, 15) is 0 Å². The van der Waals surface area contributed by atoms with Crippen molar-refractivity contribution in [2.75, 3.05) is 0 Å². The molecule has 0 aromatic heterocycles. The number of carbonyl (C=O) groups excluding carboxylic acids is 1. The first-order valence-corrected chi connectivity index (χ1v) is 5.37. The van der Waals surface area contributed by atoms with Crippen LogP contribution in [0.3, 0.4) is 0 Å². The Morgan fingerprint density at radius 2 is 0.929 bits per heavy atom. The van der Waals surface area contributed by atoms with E-state index in [0.29, 0.717) is 0 Å². The second-order valence-corrected chi connectivity index (χ2v) is 4.97. The van der Waals surface area contributed by atoms with Crippen LogP contribution >= 0.6 is 0 Å². The molecular weight excluding hydrogens is 203 g/mol. The summed E-state index contributed by atoms with van der Waals surface area (Å²) in [6, 6.07) is 0. The fraction of sp³-hybridized carbons (Fsp3) is 0.909. The van der Waals surface area contributed by atoms with Gasteiger partial charge in [0.15, 0.2) is 0 Å². The van der Waals surface area contributed by atoms with E-state index in [1.807, 2.05) is 0 Å². The number of carbonyl (C=O) groups is 1. The van der Waals surface area contributed by atoms with E-state index in [1.54, 1.807) is 38.5 Å². The van der Waals surface area contributed by atoms with Gasteiger partial charge in [0.05, 0.1) is 0 Å². The fourth-order valence-corrected chi connectivity index (χ4v) is 3.98. The zero-order valence-corrected chi connectivity index (χ0v) is 12.1. The Morgan fingerprint density at radius 3 is 1.07 bits per heavy atom. The molecule has 2 nitrogen and oxygen atoms in total. The third-order valence-electron chi connectivity index (χ3n) is 4.00. The number of rotatable bonds is 0. The second-order valence-electron chi connectivity index (χ2n) is 4.97. The molecule has 0 heterocycles. The second kappa shape index (κ2) is 5.99. The number of hydrogen-bond acceptors (Lipinski definition) is 2. The average Bonchev–Trinajstić information content (AvgIpc) is 2.01. The molecule has 0 atom stereocenters. The Bertz CT molecular complexity index is 137. The zero-order chi connectivity index (χ0) is 9.26. The van der Waals surface area contributed by atoms with Gasteiger partial charge in [0, 0.05) is 6.47 Å². The molecule has 0 amide bonds. The molecule has 4 aliphatic rings. The largest absolute Gasteiger partial charge is 1.00 e. The summed E-state index contributed by atoms with van der Waals surface area (Å²) < 4.78 is 0. The summed E-state index contributed by atoms with van der Waals surface area (Å²) in [6.45, 7) is -0.500. The molecular formula is C11H17KO2. The summed E-state index contributed by atoms with van der Waals surface area (Å²) in [5.41, 5.74) is 0. The monoisotopic (exact) mass is 220 g/mol. The van der Waals surface area contributed by atoms with Gasteiger partial charge < -0.3 is 9.90 Å². The molecule has 0 aliphatic heterocycles. The van der Waals surface area contributed by atoms with Gasteiger partial charge in [0.1, 0.15) is 0 Å². The SMILES string of the molecule is C1C2CC3CC1CC(C2)C3.O=C[O-].[K+]. The van der Waals surface area contributed by atoms with Crippen LogP contribution in [0.1, 0.15) is 38.5 Å². The minimum absolute atomic E-state index is 0. The Hall–Kier alpha value is 1.11. The summed E-state index contributed by atoms with van der Waals surface area (Å²) >= 11 is 0. The van der Waals surface area contributed by atoms with E-state index >= 15 is 0 Å². The Kier molecular flexibility index (Phi) is 5.64. The van der Waals surface area contributed by atoms with Crippen LogP contribution in [0.15, 0.2) is 0 Å². The minimum atomic E-state index is -0.500. The molecule has 4 saturated carbocycles. The fourth-order valence-electron chi connectivity index (χ4n) is 3.98. The predicted octanol–water partition coefficient (Wildman–Crippen LogP) is -1.80. The van der Waals surface area contributed by atoms with E-state index in [0.717, 1.165) is 0 Å². The van der Waals surface area contributed by atoms with E-state index in [-0.39, 0.29) is 51.4 Å². The standard InChI is InChI=1S/C10H16.CH2O2.K/c1-7-2-9-4-8(1)5-10(3-7)6-9;2-1-3;/h7-10H,1-6H2;1H,(H,2,3);/q;;+1/p-1. The van der Waals surface area contributed by atoms with Crippen LogP contribution in [0, 0.1) is 23.7 Å². The van der Waals surface area contributed by atoms with E-state index in [1.165, 1.54) is 23.7 Å². The van der Waals surface area contributed by atoms with Crippen molar-refractivity contribution in [3.63, 3.8) is 0 Å². The molecule has 74 valence electrons. The molecule has 4 fully saturated rings. The molecule has 3 heteroatoms. The van der Waals surface area contributed by atoms with Crippen LogP contribution in [0.2, 0.25) is 0 Å². The van der Waals surface area contributed by atoms with Gasteiger partial charge in [-0.3, -0.25) is 0 Å². The molecule has 0 saturated heterocycles. The molecule has 4 bridgehead atoms. The number of hydrogen-bond donors (Lipinski definition) is 0. The summed E-state index contributed by atoms with van der Waals surface area (Å²) in [5.74, 6) is 4.71. The van der Waals surface area contributed by atoms with Crippen LogP contribution in [0.4, 0.5) is 0 Å². The molecule has 0 aromatic carbocycles. The van der Waals surface area contributed by atoms with Crippen molar-refractivity contribution in [3.05, 3.63) is 0 Å². The van der Waals surface area contributed by atoms with E-state index in [4.69, 9.17) is 9.90 Å². The van der Waals surface area contributed by atoms with Crippen molar-refractivity contribution >= 4 is 6.47 Å². The van der Waals surface area contributed by atoms with Crippen molar-refractivity contribution in [2.45, 2.75) is 38.5 Å². The molecule has 0 spiro atoms. The molecule has 0 N–H and O–H groups in total. The molecule has 0 unspecified atom stereocenters. The first-order chi connectivity index (χ1) is 6.31. The number of carboxylic acid groups (broad SMARTS) is 1. The van der Waals surface area contributed by atoms with Crippen molar-refractivity contribution in [3.8, 4) is 0 Å². The Morgan fingerprint density at radius 1 is 0.786 bits per heavy atom. The smallest absolute Gasteiger partial charge is 0.554 e. The predicted molar refractivity (Wildman–Crippen MR) is 47.7 cm³/mol. The van der Waals surface area contributed by atoms with Gasteiger partial charge in [-0.25, -0.2) is 0 Å². The van der Waals surface area contributed by atoms with E-state index < -0.39 is 6.47 Å². The first kappa shape index (κ1) is 13.2. The summed E-state index contributed by atoms with van der Waals surface area (Å²) in [4.78, 5) is 8.25. The first-order valence-electron chi connectivity index (χ1n) is 5.37. The van der Waals surface area contributed by atoms with Gasteiger partial charge in [-0.15, -0.1) is 0 Å². The molecule has 4 rings (SSSR count).